The lowest BCUT2D eigenvalue weighted by Crippen LogP contribution is -2.39. The molecule has 0 aromatic carbocycles. The van der Waals surface area contributed by atoms with Crippen LogP contribution in [-0.4, -0.2) is 46.4 Å². The molecule has 0 radical (unpaired) electrons. The third-order valence-corrected chi connectivity index (χ3v) is 3.25. The van der Waals surface area contributed by atoms with Crippen molar-refractivity contribution in [1.82, 2.24) is 25.4 Å². The second-order valence-electron chi connectivity index (χ2n) is 4.39. The number of aromatic nitrogens is 4. The lowest BCUT2D eigenvalue weighted by atomic mass is 9.96. The van der Waals surface area contributed by atoms with Crippen LogP contribution in [0.5, 0.6) is 0 Å². The third-order valence-electron chi connectivity index (χ3n) is 3.25. The molecule has 1 aliphatic rings. The Hall–Kier alpha value is -1.86. The Morgan fingerprint density at radius 3 is 2.89 bits per heavy atom. The first-order chi connectivity index (χ1) is 9.38. The Morgan fingerprint density at radius 1 is 1.26 bits per heavy atom. The highest BCUT2D eigenvalue weighted by Crippen LogP contribution is 2.25. The highest BCUT2D eigenvalue weighted by Gasteiger charge is 2.31. The standard InChI is InChI=1S/C12H15N5O2/c1-13-9-3-6-18-7-8(9)12-16-11(17-19-12)10-14-4-2-5-15-10/h2,4-5,8-9,13H,3,6-7H2,1H3. The third kappa shape index (κ3) is 2.47. The van der Waals surface area contributed by atoms with Crippen LogP contribution in [0, 0.1) is 0 Å². The minimum absolute atomic E-state index is 0.0729. The van der Waals surface area contributed by atoms with Crippen LogP contribution in [0.25, 0.3) is 11.6 Å². The fourth-order valence-corrected chi connectivity index (χ4v) is 2.22. The summed E-state index contributed by atoms with van der Waals surface area (Å²) < 4.78 is 10.8. The molecule has 3 rings (SSSR count). The first-order valence-corrected chi connectivity index (χ1v) is 6.24. The molecule has 0 saturated carbocycles. The number of hydrogen-bond acceptors (Lipinski definition) is 7. The van der Waals surface area contributed by atoms with E-state index in [9.17, 15) is 0 Å². The van der Waals surface area contributed by atoms with Crippen molar-refractivity contribution in [2.45, 2.75) is 18.4 Å². The summed E-state index contributed by atoms with van der Waals surface area (Å²) >= 11 is 0. The van der Waals surface area contributed by atoms with E-state index in [2.05, 4.69) is 25.4 Å². The van der Waals surface area contributed by atoms with Crippen molar-refractivity contribution in [1.29, 1.82) is 0 Å². The van der Waals surface area contributed by atoms with Crippen molar-refractivity contribution in [3.63, 3.8) is 0 Å². The fraction of sp³-hybridized carbons (Fsp3) is 0.500. The summed E-state index contributed by atoms with van der Waals surface area (Å²) in [6.45, 7) is 1.34. The smallest absolute Gasteiger partial charge is 0.240 e. The summed E-state index contributed by atoms with van der Waals surface area (Å²) in [4.78, 5) is 12.6. The van der Waals surface area contributed by atoms with Crippen LogP contribution in [0.3, 0.4) is 0 Å². The molecule has 0 bridgehead atoms. The Morgan fingerprint density at radius 2 is 2.11 bits per heavy atom. The van der Waals surface area contributed by atoms with E-state index in [0.29, 0.717) is 30.2 Å². The molecule has 0 spiro atoms. The highest BCUT2D eigenvalue weighted by atomic mass is 16.5. The van der Waals surface area contributed by atoms with Crippen LogP contribution >= 0.6 is 0 Å². The maximum Gasteiger partial charge on any atom is 0.240 e. The number of hydrogen-bond donors (Lipinski definition) is 1. The molecule has 1 aliphatic heterocycles. The van der Waals surface area contributed by atoms with Gasteiger partial charge in [-0.25, -0.2) is 9.97 Å². The van der Waals surface area contributed by atoms with Gasteiger partial charge in [-0.2, -0.15) is 4.98 Å². The summed E-state index contributed by atoms with van der Waals surface area (Å²) in [5.41, 5.74) is 0. The molecule has 0 aliphatic carbocycles. The summed E-state index contributed by atoms with van der Waals surface area (Å²) in [5.74, 6) is 1.52. The second-order valence-corrected chi connectivity index (χ2v) is 4.39. The first-order valence-electron chi connectivity index (χ1n) is 6.24. The van der Waals surface area contributed by atoms with Gasteiger partial charge in [0, 0.05) is 25.0 Å². The number of nitrogens with zero attached hydrogens (tertiary/aromatic N) is 4. The van der Waals surface area contributed by atoms with E-state index >= 15 is 0 Å². The van der Waals surface area contributed by atoms with E-state index in [0.717, 1.165) is 13.0 Å². The zero-order chi connectivity index (χ0) is 13.1. The molecule has 1 N–H and O–H groups in total. The van der Waals surface area contributed by atoms with Gasteiger partial charge in [0.05, 0.1) is 12.5 Å². The largest absolute Gasteiger partial charge is 0.381 e. The molecule has 2 aromatic heterocycles. The van der Waals surface area contributed by atoms with Crippen molar-refractivity contribution >= 4 is 0 Å². The number of likely N-dealkylation sites (N-methyl/N-ethyl adjacent to an activating group) is 1. The molecule has 3 heterocycles. The van der Waals surface area contributed by atoms with Crippen LogP contribution in [0.4, 0.5) is 0 Å². The van der Waals surface area contributed by atoms with Crippen molar-refractivity contribution < 1.29 is 9.26 Å². The summed E-state index contributed by atoms with van der Waals surface area (Å²) in [6, 6.07) is 2.04. The predicted octanol–water partition coefficient (Wildman–Crippen LogP) is 0.618. The van der Waals surface area contributed by atoms with Crippen LogP contribution < -0.4 is 5.32 Å². The number of rotatable bonds is 3. The molecule has 2 unspecified atom stereocenters. The van der Waals surface area contributed by atoms with Crippen molar-refractivity contribution in [2.75, 3.05) is 20.3 Å². The van der Waals surface area contributed by atoms with Crippen LogP contribution in [-0.2, 0) is 4.74 Å². The molecule has 2 aromatic rings. The summed E-state index contributed by atoms with van der Waals surface area (Å²) in [7, 11) is 1.93. The van der Waals surface area contributed by atoms with Gasteiger partial charge in [-0.15, -0.1) is 0 Å². The number of ether oxygens (including phenoxy) is 1. The molecule has 19 heavy (non-hydrogen) atoms. The topological polar surface area (TPSA) is 86.0 Å². The van der Waals surface area contributed by atoms with E-state index in [1.54, 1.807) is 18.5 Å². The van der Waals surface area contributed by atoms with Gasteiger partial charge < -0.3 is 14.6 Å². The van der Waals surface area contributed by atoms with E-state index in [4.69, 9.17) is 9.26 Å². The van der Waals surface area contributed by atoms with Gasteiger partial charge in [0.15, 0.2) is 0 Å². The molecule has 7 nitrogen and oxygen atoms in total. The fourth-order valence-electron chi connectivity index (χ4n) is 2.22. The van der Waals surface area contributed by atoms with Gasteiger partial charge in [0.2, 0.25) is 17.5 Å². The van der Waals surface area contributed by atoms with Crippen molar-refractivity contribution in [3.8, 4) is 11.6 Å². The molecule has 0 amide bonds. The summed E-state index contributed by atoms with van der Waals surface area (Å²) in [5, 5.41) is 7.20. The average Bonchev–Trinajstić information content (AvgIpc) is 2.98. The Kier molecular flexibility index (Phi) is 3.47. The normalized spacial score (nSPS) is 23.4. The lowest BCUT2D eigenvalue weighted by Gasteiger charge is -2.28. The minimum atomic E-state index is 0.0729. The van der Waals surface area contributed by atoms with Gasteiger partial charge in [-0.05, 0) is 19.5 Å². The molecule has 2 atom stereocenters. The Balaban J connectivity index is 1.84. The zero-order valence-corrected chi connectivity index (χ0v) is 10.6. The molecule has 100 valence electrons. The lowest BCUT2D eigenvalue weighted by molar-refractivity contribution is 0.0516. The molecule has 1 fully saturated rings. The molecular weight excluding hydrogens is 246 g/mol. The first kappa shape index (κ1) is 12.2. The average molecular weight is 261 g/mol. The van der Waals surface area contributed by atoms with Crippen LogP contribution in [0.2, 0.25) is 0 Å². The van der Waals surface area contributed by atoms with Gasteiger partial charge in [0.25, 0.3) is 0 Å². The minimum Gasteiger partial charge on any atom is -0.381 e. The second kappa shape index (κ2) is 5.41. The van der Waals surface area contributed by atoms with E-state index < -0.39 is 0 Å². The number of nitrogens with one attached hydrogen (secondary N) is 1. The Bertz CT molecular complexity index is 530. The van der Waals surface area contributed by atoms with E-state index in [1.807, 2.05) is 7.05 Å². The SMILES string of the molecule is CNC1CCOCC1c1nc(-c2ncccn2)no1. The monoisotopic (exact) mass is 261 g/mol. The quantitative estimate of drug-likeness (QED) is 0.866. The van der Waals surface area contributed by atoms with Gasteiger partial charge in [-0.3, -0.25) is 0 Å². The zero-order valence-electron chi connectivity index (χ0n) is 10.6. The maximum absolute atomic E-state index is 5.48. The van der Waals surface area contributed by atoms with E-state index in [-0.39, 0.29) is 5.92 Å². The highest BCUT2D eigenvalue weighted by molar-refractivity contribution is 5.40. The van der Waals surface area contributed by atoms with Gasteiger partial charge in [0.1, 0.15) is 0 Å². The maximum atomic E-state index is 5.48. The summed E-state index contributed by atoms with van der Waals surface area (Å²) in [6.07, 6.45) is 4.23. The molecule has 7 heteroatoms. The van der Waals surface area contributed by atoms with Crippen molar-refractivity contribution in [3.05, 3.63) is 24.4 Å². The van der Waals surface area contributed by atoms with Crippen LogP contribution in [0.1, 0.15) is 18.2 Å². The van der Waals surface area contributed by atoms with Gasteiger partial charge >= 0.3 is 0 Å². The Labute approximate surface area is 110 Å². The predicted molar refractivity (Wildman–Crippen MR) is 66.3 cm³/mol. The van der Waals surface area contributed by atoms with Crippen molar-refractivity contribution in [2.24, 2.45) is 0 Å². The van der Waals surface area contributed by atoms with Crippen LogP contribution in [0.15, 0.2) is 23.0 Å². The molecular formula is C12H15N5O2. The molecule has 1 saturated heterocycles. The van der Waals surface area contributed by atoms with E-state index in [1.165, 1.54) is 0 Å². The van der Waals surface area contributed by atoms with Gasteiger partial charge in [-0.1, -0.05) is 5.16 Å².